The Morgan fingerprint density at radius 3 is 2.39 bits per heavy atom. The number of carbonyl (C=O) groups excluding carboxylic acids is 2. The number of hydrogen-bond donors (Lipinski definition) is 5. The van der Waals surface area contributed by atoms with Crippen LogP contribution in [0.4, 0.5) is 30.7 Å². The Balaban J connectivity index is 1.39. The molecule has 0 saturated heterocycles. The first-order valence-electron chi connectivity index (χ1n) is 16.6. The van der Waals surface area contributed by atoms with E-state index in [1.54, 1.807) is 4.67 Å². The molecule has 2 amide bonds. The maximum Gasteiger partial charge on any atom is 0.471 e. The predicted octanol–water partition coefficient (Wildman–Crippen LogP) is 4.25. The van der Waals surface area contributed by atoms with Crippen LogP contribution in [-0.2, 0) is 31.8 Å². The molecule has 1 aromatic carbocycles. The van der Waals surface area contributed by atoms with E-state index in [4.69, 9.17) is 14.7 Å². The van der Waals surface area contributed by atoms with Crippen LogP contribution in [0.1, 0.15) is 41.1 Å². The number of aromatic nitrogens is 4. The van der Waals surface area contributed by atoms with Crippen molar-refractivity contribution >= 4 is 86.0 Å². The highest BCUT2D eigenvalue weighted by molar-refractivity contribution is 9.09. The molecule has 0 bridgehead atoms. The van der Waals surface area contributed by atoms with Crippen LogP contribution >= 0.6 is 39.5 Å². The zero-order valence-corrected chi connectivity index (χ0v) is 33.5. The monoisotopic (exact) mass is 952 g/mol. The van der Waals surface area contributed by atoms with Crippen molar-refractivity contribution < 1.29 is 51.1 Å². The summed E-state index contributed by atoms with van der Waals surface area (Å²) in [6.45, 7) is -0.449. The first-order valence-corrected chi connectivity index (χ1v) is 20.4. The van der Waals surface area contributed by atoms with Crippen molar-refractivity contribution in [3.63, 3.8) is 0 Å². The predicted molar refractivity (Wildman–Crippen MR) is 204 cm³/mol. The SMILES string of the molecule is Nc1nc2ncc(CN(C(=O)C(F)(F)F)c3ccc(C(=O)N[C@H](CCCCNP(=O)(OCc4ccc([N+](=O)[O-])o4)N(CCBr)CCBr)C(=O)O)cc3)nc2c(=O)[nH]1. The van der Waals surface area contributed by atoms with E-state index < -0.39 is 60.6 Å². The van der Waals surface area contributed by atoms with Gasteiger partial charge < -0.3 is 20.6 Å². The first-order chi connectivity index (χ1) is 26.9. The molecule has 20 nitrogen and oxygen atoms in total. The van der Waals surface area contributed by atoms with Crippen molar-refractivity contribution in [2.75, 3.05) is 40.9 Å². The number of nitrogens with one attached hydrogen (secondary N) is 3. The van der Waals surface area contributed by atoms with Crippen LogP contribution < -0.4 is 26.6 Å². The number of aliphatic carboxylic acids is 1. The number of aromatic amines is 1. The number of carbonyl (C=O) groups is 3. The molecule has 0 radical (unpaired) electrons. The van der Waals surface area contributed by atoms with Crippen LogP contribution in [-0.4, -0.2) is 94.9 Å². The fourth-order valence-corrected chi connectivity index (χ4v) is 8.45. The second kappa shape index (κ2) is 20.1. The average molecular weight is 954 g/mol. The Morgan fingerprint density at radius 2 is 1.79 bits per heavy atom. The van der Waals surface area contributed by atoms with Gasteiger partial charge in [0.15, 0.2) is 11.2 Å². The number of alkyl halides is 5. The van der Waals surface area contributed by atoms with Gasteiger partial charge in [-0.2, -0.15) is 18.2 Å². The smallest absolute Gasteiger partial charge is 0.471 e. The van der Waals surface area contributed by atoms with E-state index in [1.807, 2.05) is 0 Å². The number of fused-ring (bicyclic) bond motifs is 1. The second-order valence-corrected chi connectivity index (χ2v) is 15.6. The van der Waals surface area contributed by atoms with E-state index in [0.717, 1.165) is 36.5 Å². The van der Waals surface area contributed by atoms with Crippen LogP contribution in [0.2, 0.25) is 0 Å². The number of hydrogen-bond acceptors (Lipinski definition) is 13. The van der Waals surface area contributed by atoms with E-state index in [1.165, 1.54) is 6.07 Å². The maximum atomic E-state index is 14.0. The van der Waals surface area contributed by atoms with E-state index in [-0.39, 0.29) is 72.2 Å². The molecule has 0 fully saturated rings. The number of carboxylic acid groups (broad SMARTS) is 1. The summed E-state index contributed by atoms with van der Waals surface area (Å²) in [6, 6.07) is 5.35. The van der Waals surface area contributed by atoms with Crippen LogP contribution in [0.5, 0.6) is 0 Å². The highest BCUT2D eigenvalue weighted by atomic mass is 79.9. The quantitative estimate of drug-likeness (QED) is 0.0257. The van der Waals surface area contributed by atoms with Gasteiger partial charge in [0, 0.05) is 41.5 Å². The Kier molecular flexibility index (Phi) is 15.8. The third kappa shape index (κ3) is 12.3. The molecule has 26 heteroatoms. The number of nitrogen functional groups attached to an aromatic ring is 1. The molecule has 0 spiro atoms. The van der Waals surface area contributed by atoms with Crippen molar-refractivity contribution in [2.45, 2.75) is 44.6 Å². The molecule has 6 N–H and O–H groups in total. The molecule has 57 heavy (non-hydrogen) atoms. The standard InChI is InChI=1S/C31H34Br2F3N10O10P/c32-10-13-44(14-11-33)57(54,55-17-21-8-9-23(56-21)46(52)53)39-12-2-1-3-22(28(49)50)41-26(47)18-4-6-20(7-5-18)45(29(51)31(34,35)36)16-19-15-38-25-24(40-19)27(48)43-30(37)42-25/h4-9,15,22H,1-3,10-14,16-17H2,(H,39,54)(H,41,47)(H,49,50)(H3,37,38,42,43,48)/t22-,57?/m1/s1. The summed E-state index contributed by atoms with van der Waals surface area (Å²) < 4.78 is 67.2. The van der Waals surface area contributed by atoms with Gasteiger partial charge in [-0.05, 0) is 49.6 Å². The lowest BCUT2D eigenvalue weighted by molar-refractivity contribution is -0.402. The number of nitro groups is 1. The molecule has 3 aromatic heterocycles. The first kappa shape index (κ1) is 44.9. The summed E-state index contributed by atoms with van der Waals surface area (Å²) in [4.78, 5) is 74.1. The van der Waals surface area contributed by atoms with Gasteiger partial charge in [-0.3, -0.25) is 43.5 Å². The number of H-pyrrole nitrogens is 1. The summed E-state index contributed by atoms with van der Waals surface area (Å²) in [7, 11) is -3.76. The molecule has 4 rings (SSSR count). The molecular weight excluding hydrogens is 920 g/mol. The van der Waals surface area contributed by atoms with Crippen LogP contribution in [0, 0.1) is 10.1 Å². The molecular formula is C31H34Br2F3N10O10P. The summed E-state index contributed by atoms with van der Waals surface area (Å²) in [6.07, 6.45) is -3.89. The second-order valence-electron chi connectivity index (χ2n) is 11.8. The van der Waals surface area contributed by atoms with Gasteiger partial charge in [-0.15, -0.1) is 0 Å². The number of amides is 2. The number of nitrogens with zero attached hydrogens (tertiary/aromatic N) is 6. The number of rotatable bonds is 21. The molecule has 0 saturated carbocycles. The number of anilines is 2. The van der Waals surface area contributed by atoms with Crippen LogP contribution in [0.25, 0.3) is 11.2 Å². The van der Waals surface area contributed by atoms with Crippen LogP contribution in [0.3, 0.4) is 0 Å². The minimum atomic E-state index is -5.33. The molecule has 4 aromatic rings. The van der Waals surface area contributed by atoms with E-state index in [9.17, 15) is 52.1 Å². The fourth-order valence-electron chi connectivity index (χ4n) is 5.12. The van der Waals surface area contributed by atoms with E-state index in [2.05, 4.69) is 62.2 Å². The summed E-state index contributed by atoms with van der Waals surface area (Å²) in [5, 5.41) is 26.9. The molecule has 0 aliphatic carbocycles. The molecule has 3 heterocycles. The number of halogens is 5. The Labute approximate surface area is 336 Å². The zero-order valence-electron chi connectivity index (χ0n) is 29.4. The molecule has 0 aliphatic rings. The van der Waals surface area contributed by atoms with E-state index >= 15 is 0 Å². The molecule has 2 atom stereocenters. The highest BCUT2D eigenvalue weighted by Gasteiger charge is 2.43. The highest BCUT2D eigenvalue weighted by Crippen LogP contribution is 2.47. The normalized spacial score (nSPS) is 13.3. The van der Waals surface area contributed by atoms with Crippen molar-refractivity contribution in [1.82, 2.24) is 35.0 Å². The van der Waals surface area contributed by atoms with Gasteiger partial charge in [0.05, 0.1) is 24.5 Å². The lowest BCUT2D eigenvalue weighted by atomic mass is 10.1. The van der Waals surface area contributed by atoms with Crippen molar-refractivity contribution in [3.8, 4) is 0 Å². The number of furan rings is 1. The third-order valence-corrected chi connectivity index (χ3v) is 10.8. The number of carboxylic acids is 1. The topological polar surface area (TPSA) is 282 Å². The number of benzene rings is 1. The van der Waals surface area contributed by atoms with Gasteiger partial charge in [0.1, 0.15) is 23.3 Å². The van der Waals surface area contributed by atoms with Gasteiger partial charge >= 0.3 is 31.6 Å². The zero-order chi connectivity index (χ0) is 41.9. The van der Waals surface area contributed by atoms with Gasteiger partial charge in [0.25, 0.3) is 11.5 Å². The molecule has 308 valence electrons. The maximum absolute atomic E-state index is 14.0. The Bertz CT molecular complexity index is 2170. The van der Waals surface area contributed by atoms with Gasteiger partial charge in [0.2, 0.25) is 5.95 Å². The van der Waals surface area contributed by atoms with E-state index in [0.29, 0.717) is 28.6 Å². The number of nitrogens with two attached hydrogens (primary N) is 1. The Hall–Kier alpha value is -4.81. The summed E-state index contributed by atoms with van der Waals surface area (Å²) >= 11 is 6.62. The van der Waals surface area contributed by atoms with Gasteiger partial charge in [-0.25, -0.2) is 24.5 Å². The molecule has 0 aliphatic heterocycles. The van der Waals surface area contributed by atoms with Crippen molar-refractivity contribution in [1.29, 1.82) is 0 Å². The van der Waals surface area contributed by atoms with Crippen molar-refractivity contribution in [3.05, 3.63) is 80.1 Å². The van der Waals surface area contributed by atoms with Crippen molar-refractivity contribution in [2.24, 2.45) is 0 Å². The Morgan fingerprint density at radius 1 is 1.11 bits per heavy atom. The van der Waals surface area contributed by atoms with Gasteiger partial charge in [-0.1, -0.05) is 31.9 Å². The van der Waals surface area contributed by atoms with Crippen LogP contribution in [0.15, 0.2) is 51.8 Å². The minimum Gasteiger partial charge on any atom is -0.480 e. The molecule has 1 unspecified atom stereocenters. The average Bonchev–Trinajstić information content (AvgIpc) is 3.65. The number of unbranched alkanes of at least 4 members (excludes halogenated alkanes) is 1. The fraction of sp³-hybridized carbons (Fsp3) is 0.387. The lowest BCUT2D eigenvalue weighted by Crippen LogP contribution is -2.41. The lowest BCUT2D eigenvalue weighted by Gasteiger charge is -2.30. The largest absolute Gasteiger partial charge is 0.480 e. The minimum absolute atomic E-state index is 0.0693. The summed E-state index contributed by atoms with van der Waals surface area (Å²) in [5.41, 5.74) is 3.53. The summed E-state index contributed by atoms with van der Waals surface area (Å²) in [5.74, 6) is -5.22. The third-order valence-electron chi connectivity index (χ3n) is 7.84.